The van der Waals surface area contributed by atoms with Crippen molar-refractivity contribution in [2.45, 2.75) is 13.5 Å². The van der Waals surface area contributed by atoms with Crippen LogP contribution in [0.5, 0.6) is 5.88 Å². The van der Waals surface area contributed by atoms with E-state index in [0.717, 1.165) is 0 Å². The molecule has 0 saturated heterocycles. The first-order valence-electron chi connectivity index (χ1n) is 3.83. The predicted octanol–water partition coefficient (Wildman–Crippen LogP) is -0.403. The minimum Gasteiger partial charge on any atom is -0.493 e. The Bertz CT molecular complexity index is 449. The first kappa shape index (κ1) is 7.93. The quantitative estimate of drug-likeness (QED) is 0.621. The molecule has 0 bridgehead atoms. The highest BCUT2D eigenvalue weighted by atomic mass is 16.3. The number of aromatic hydroxyl groups is 1. The number of aromatic nitrogens is 4. The highest BCUT2D eigenvalue weighted by Gasteiger charge is 2.06. The van der Waals surface area contributed by atoms with E-state index in [1.165, 1.54) is 10.6 Å². The summed E-state index contributed by atoms with van der Waals surface area (Å²) < 4.78 is 1.26. The van der Waals surface area contributed by atoms with Crippen molar-refractivity contribution in [3.05, 3.63) is 17.6 Å². The summed E-state index contributed by atoms with van der Waals surface area (Å²) in [6.07, 6.45) is 0. The van der Waals surface area contributed by atoms with E-state index in [1.807, 2.05) is 0 Å². The minimum atomic E-state index is 0.0229. The molecular formula is C7H9N5O. The summed E-state index contributed by atoms with van der Waals surface area (Å²) in [6.45, 7) is 2.01. The van der Waals surface area contributed by atoms with Gasteiger partial charge in [-0.1, -0.05) is 0 Å². The van der Waals surface area contributed by atoms with Crippen LogP contribution in [-0.2, 0) is 6.54 Å². The molecule has 6 heteroatoms. The molecule has 0 unspecified atom stereocenters. The Hall–Kier alpha value is -1.69. The number of aryl methyl sites for hydroxylation is 1. The minimum absolute atomic E-state index is 0.0229. The van der Waals surface area contributed by atoms with Crippen LogP contribution in [-0.4, -0.2) is 24.7 Å². The molecule has 2 heterocycles. The fourth-order valence-electron chi connectivity index (χ4n) is 1.10. The fraction of sp³-hybridized carbons (Fsp3) is 0.286. The van der Waals surface area contributed by atoms with Crippen LogP contribution in [0.3, 0.4) is 0 Å². The monoisotopic (exact) mass is 179 g/mol. The van der Waals surface area contributed by atoms with Gasteiger partial charge in [-0.25, -0.2) is 4.98 Å². The van der Waals surface area contributed by atoms with Crippen molar-refractivity contribution in [2.75, 3.05) is 0 Å². The molecule has 0 aliphatic carbocycles. The summed E-state index contributed by atoms with van der Waals surface area (Å²) in [5, 5.41) is 13.4. The van der Waals surface area contributed by atoms with Crippen LogP contribution < -0.4 is 5.73 Å². The standard InChI is InChI=1S/C7H9N5O/c1-4-2-6(13)12-7(9-4)10-5(3-8)11-12/h2,13H,3,8H2,1H3. The van der Waals surface area contributed by atoms with Gasteiger partial charge in [0.25, 0.3) is 5.78 Å². The van der Waals surface area contributed by atoms with Gasteiger partial charge in [0.05, 0.1) is 6.54 Å². The lowest BCUT2D eigenvalue weighted by Crippen LogP contribution is -1.98. The zero-order valence-electron chi connectivity index (χ0n) is 7.10. The Labute approximate surface area is 74.0 Å². The highest BCUT2D eigenvalue weighted by molar-refractivity contribution is 5.33. The molecule has 0 amide bonds. The normalized spacial score (nSPS) is 10.9. The van der Waals surface area contributed by atoms with E-state index in [-0.39, 0.29) is 12.4 Å². The number of nitrogens with zero attached hydrogens (tertiary/aromatic N) is 4. The van der Waals surface area contributed by atoms with Gasteiger partial charge >= 0.3 is 0 Å². The maximum absolute atomic E-state index is 9.44. The van der Waals surface area contributed by atoms with Crippen LogP contribution in [0.4, 0.5) is 0 Å². The number of hydrogen-bond acceptors (Lipinski definition) is 5. The van der Waals surface area contributed by atoms with Crippen molar-refractivity contribution in [2.24, 2.45) is 5.73 Å². The lowest BCUT2D eigenvalue weighted by atomic mass is 10.4. The molecule has 0 aliphatic rings. The molecule has 3 N–H and O–H groups in total. The van der Waals surface area contributed by atoms with Crippen molar-refractivity contribution in [1.82, 2.24) is 19.6 Å². The number of rotatable bonds is 1. The first-order valence-corrected chi connectivity index (χ1v) is 3.83. The Balaban J connectivity index is 2.75. The second kappa shape index (κ2) is 2.67. The van der Waals surface area contributed by atoms with Gasteiger partial charge in [-0.15, -0.1) is 5.10 Å². The van der Waals surface area contributed by atoms with Crippen LogP contribution in [0.2, 0.25) is 0 Å². The van der Waals surface area contributed by atoms with Crippen LogP contribution in [0.1, 0.15) is 11.5 Å². The first-order chi connectivity index (χ1) is 6.20. The van der Waals surface area contributed by atoms with E-state index in [0.29, 0.717) is 17.3 Å². The predicted molar refractivity (Wildman–Crippen MR) is 45.1 cm³/mol. The van der Waals surface area contributed by atoms with Gasteiger partial charge in [0.1, 0.15) is 0 Å². The van der Waals surface area contributed by atoms with Gasteiger partial charge in [0.2, 0.25) is 5.88 Å². The second-order valence-electron chi connectivity index (χ2n) is 2.70. The molecule has 0 atom stereocenters. The lowest BCUT2D eigenvalue weighted by Gasteiger charge is -1.95. The van der Waals surface area contributed by atoms with Crippen molar-refractivity contribution < 1.29 is 5.11 Å². The molecule has 0 radical (unpaired) electrons. The zero-order valence-corrected chi connectivity index (χ0v) is 7.10. The van der Waals surface area contributed by atoms with E-state index >= 15 is 0 Å². The molecule has 13 heavy (non-hydrogen) atoms. The van der Waals surface area contributed by atoms with Gasteiger partial charge in [0, 0.05) is 11.8 Å². The van der Waals surface area contributed by atoms with Gasteiger partial charge in [-0.2, -0.15) is 9.50 Å². The molecule has 2 rings (SSSR count). The summed E-state index contributed by atoms with van der Waals surface area (Å²) in [5.74, 6) is 0.862. The molecule has 0 fully saturated rings. The lowest BCUT2D eigenvalue weighted by molar-refractivity contribution is 0.434. The maximum atomic E-state index is 9.44. The largest absolute Gasteiger partial charge is 0.493 e. The van der Waals surface area contributed by atoms with E-state index in [1.54, 1.807) is 6.92 Å². The third kappa shape index (κ3) is 1.20. The maximum Gasteiger partial charge on any atom is 0.255 e. The van der Waals surface area contributed by atoms with E-state index in [9.17, 15) is 5.11 Å². The second-order valence-corrected chi connectivity index (χ2v) is 2.70. The van der Waals surface area contributed by atoms with Crippen molar-refractivity contribution in [3.63, 3.8) is 0 Å². The topological polar surface area (TPSA) is 89.3 Å². The van der Waals surface area contributed by atoms with Gasteiger partial charge in [0.15, 0.2) is 5.82 Å². The molecule has 0 spiro atoms. The molecule has 6 nitrogen and oxygen atoms in total. The summed E-state index contributed by atoms with van der Waals surface area (Å²) >= 11 is 0. The molecule has 2 aromatic heterocycles. The SMILES string of the molecule is Cc1cc(O)n2nc(CN)nc2n1. The summed E-state index contributed by atoms with van der Waals surface area (Å²) in [5.41, 5.74) is 6.05. The Morgan fingerprint density at radius 3 is 3.00 bits per heavy atom. The smallest absolute Gasteiger partial charge is 0.255 e. The molecule has 0 saturated carbocycles. The van der Waals surface area contributed by atoms with E-state index < -0.39 is 0 Å². The van der Waals surface area contributed by atoms with Crippen LogP contribution in [0.15, 0.2) is 6.07 Å². The van der Waals surface area contributed by atoms with Crippen molar-refractivity contribution in [1.29, 1.82) is 0 Å². The van der Waals surface area contributed by atoms with Crippen molar-refractivity contribution in [3.8, 4) is 5.88 Å². The Morgan fingerprint density at radius 1 is 1.54 bits per heavy atom. The molecular weight excluding hydrogens is 170 g/mol. The Morgan fingerprint density at radius 2 is 2.31 bits per heavy atom. The summed E-state index contributed by atoms with van der Waals surface area (Å²) in [7, 11) is 0. The average Bonchev–Trinajstić information content (AvgIpc) is 2.47. The zero-order chi connectivity index (χ0) is 9.42. The van der Waals surface area contributed by atoms with Gasteiger partial charge in [-0.05, 0) is 6.92 Å². The van der Waals surface area contributed by atoms with E-state index in [4.69, 9.17) is 5.73 Å². The Kier molecular flexibility index (Phi) is 1.63. The van der Waals surface area contributed by atoms with Gasteiger partial charge in [-0.3, -0.25) is 0 Å². The van der Waals surface area contributed by atoms with Crippen LogP contribution in [0, 0.1) is 6.92 Å². The average molecular weight is 179 g/mol. The van der Waals surface area contributed by atoms with Crippen LogP contribution in [0.25, 0.3) is 5.78 Å². The number of nitrogens with two attached hydrogens (primary N) is 1. The molecule has 68 valence electrons. The number of hydrogen-bond donors (Lipinski definition) is 2. The van der Waals surface area contributed by atoms with E-state index in [2.05, 4.69) is 15.1 Å². The summed E-state index contributed by atoms with van der Waals surface area (Å²) in [6, 6.07) is 1.52. The highest BCUT2D eigenvalue weighted by Crippen LogP contribution is 2.10. The summed E-state index contributed by atoms with van der Waals surface area (Å²) in [4.78, 5) is 8.09. The van der Waals surface area contributed by atoms with Gasteiger partial charge < -0.3 is 10.8 Å². The molecule has 2 aromatic rings. The fourth-order valence-corrected chi connectivity index (χ4v) is 1.10. The molecule has 0 aliphatic heterocycles. The van der Waals surface area contributed by atoms with Crippen LogP contribution >= 0.6 is 0 Å². The molecule has 0 aromatic carbocycles. The van der Waals surface area contributed by atoms with Crippen molar-refractivity contribution >= 4 is 5.78 Å². The third-order valence-corrected chi connectivity index (χ3v) is 1.65. The number of fused-ring (bicyclic) bond motifs is 1. The third-order valence-electron chi connectivity index (χ3n) is 1.65.